The molecule has 3 heteroatoms. The third-order valence-electron chi connectivity index (χ3n) is 3.40. The van der Waals surface area contributed by atoms with E-state index in [1.54, 1.807) is 12.1 Å². The molecule has 0 saturated heterocycles. The summed E-state index contributed by atoms with van der Waals surface area (Å²) in [6, 6.07) is 26.7. The fraction of sp³-hybridized carbons (Fsp3) is 0. The first-order chi connectivity index (χ1) is 11.2. The normalized spacial score (nSPS) is 10.1. The van der Waals surface area contributed by atoms with Gasteiger partial charge >= 0.3 is 0 Å². The molecule has 2 nitrogen and oxygen atoms in total. The second-order valence-electron chi connectivity index (χ2n) is 5.00. The van der Waals surface area contributed by atoms with Crippen LogP contribution in [0.5, 0.6) is 0 Å². The molecule has 0 radical (unpaired) electrons. The third-order valence-corrected chi connectivity index (χ3v) is 3.93. The zero-order valence-corrected chi connectivity index (χ0v) is 13.9. The molecule has 0 unspecified atom stereocenters. The van der Waals surface area contributed by atoms with Crippen molar-refractivity contribution in [2.24, 2.45) is 4.99 Å². The van der Waals surface area contributed by atoms with Crippen LogP contribution >= 0.6 is 15.9 Å². The zero-order chi connectivity index (χ0) is 16.1. The number of carbonyl (C=O) groups excluding carboxylic acids is 1. The van der Waals surface area contributed by atoms with Gasteiger partial charge in [-0.15, -0.1) is 0 Å². The maximum absolute atomic E-state index is 12.5. The van der Waals surface area contributed by atoms with Crippen LogP contribution in [0.3, 0.4) is 0 Å². The number of nitrogens with zero attached hydrogens (tertiary/aromatic N) is 1. The number of rotatable bonds is 3. The lowest BCUT2D eigenvalue weighted by atomic mass is 10.0. The SMILES string of the molecule is O=C(N=C(c1ccccc1)c1ccccc1)c1ccc(Br)cc1. The lowest BCUT2D eigenvalue weighted by Crippen LogP contribution is -2.07. The summed E-state index contributed by atoms with van der Waals surface area (Å²) in [5.41, 5.74) is 3.09. The van der Waals surface area contributed by atoms with Crippen molar-refractivity contribution >= 4 is 27.5 Å². The molecule has 0 heterocycles. The molecule has 3 aromatic carbocycles. The smallest absolute Gasteiger partial charge is 0.267 e. The van der Waals surface area contributed by atoms with Gasteiger partial charge in [0.1, 0.15) is 0 Å². The Morgan fingerprint density at radius 3 is 1.61 bits per heavy atom. The minimum atomic E-state index is -0.250. The number of carbonyl (C=O) groups is 1. The number of hydrogen-bond acceptors (Lipinski definition) is 1. The third kappa shape index (κ3) is 3.82. The van der Waals surface area contributed by atoms with Gasteiger partial charge in [-0.3, -0.25) is 4.79 Å². The van der Waals surface area contributed by atoms with E-state index in [2.05, 4.69) is 20.9 Å². The van der Waals surface area contributed by atoms with E-state index in [0.717, 1.165) is 15.6 Å². The maximum atomic E-state index is 12.5. The number of benzene rings is 3. The van der Waals surface area contributed by atoms with Crippen LogP contribution < -0.4 is 0 Å². The van der Waals surface area contributed by atoms with E-state index < -0.39 is 0 Å². The average molecular weight is 364 g/mol. The second-order valence-corrected chi connectivity index (χ2v) is 5.92. The minimum absolute atomic E-state index is 0.250. The molecule has 3 rings (SSSR count). The Bertz CT molecular complexity index is 783. The van der Waals surface area contributed by atoms with Crippen LogP contribution in [0.2, 0.25) is 0 Å². The van der Waals surface area contributed by atoms with E-state index >= 15 is 0 Å². The largest absolute Gasteiger partial charge is 0.277 e. The Morgan fingerprint density at radius 2 is 1.13 bits per heavy atom. The predicted molar refractivity (Wildman–Crippen MR) is 97.0 cm³/mol. The van der Waals surface area contributed by atoms with Crippen molar-refractivity contribution in [1.82, 2.24) is 0 Å². The molecule has 0 aliphatic rings. The van der Waals surface area contributed by atoms with Crippen LogP contribution in [0.1, 0.15) is 21.5 Å². The summed E-state index contributed by atoms with van der Waals surface area (Å²) in [7, 11) is 0. The van der Waals surface area contributed by atoms with Crippen LogP contribution in [0.4, 0.5) is 0 Å². The van der Waals surface area contributed by atoms with Gasteiger partial charge in [-0.05, 0) is 24.3 Å². The van der Waals surface area contributed by atoms with Crippen molar-refractivity contribution in [3.63, 3.8) is 0 Å². The van der Waals surface area contributed by atoms with Crippen molar-refractivity contribution < 1.29 is 4.79 Å². The van der Waals surface area contributed by atoms with Crippen LogP contribution in [0.15, 0.2) is 94.4 Å². The number of hydrogen-bond donors (Lipinski definition) is 0. The van der Waals surface area contributed by atoms with Crippen LogP contribution in [0.25, 0.3) is 0 Å². The van der Waals surface area contributed by atoms with Gasteiger partial charge in [-0.1, -0.05) is 76.6 Å². The average Bonchev–Trinajstić information content (AvgIpc) is 2.61. The molecule has 3 aromatic rings. The van der Waals surface area contributed by atoms with Crippen LogP contribution in [-0.2, 0) is 0 Å². The first kappa shape index (κ1) is 15.4. The molecule has 0 atom stereocenters. The highest BCUT2D eigenvalue weighted by Crippen LogP contribution is 2.15. The number of halogens is 1. The molecule has 0 N–H and O–H groups in total. The summed E-state index contributed by atoms with van der Waals surface area (Å²) in [5, 5.41) is 0. The highest BCUT2D eigenvalue weighted by Gasteiger charge is 2.10. The van der Waals surface area contributed by atoms with Crippen LogP contribution in [0, 0.1) is 0 Å². The van der Waals surface area contributed by atoms with Crippen molar-refractivity contribution in [2.75, 3.05) is 0 Å². The zero-order valence-electron chi connectivity index (χ0n) is 12.3. The molecule has 23 heavy (non-hydrogen) atoms. The van der Waals surface area contributed by atoms with Crippen molar-refractivity contribution in [3.8, 4) is 0 Å². The molecular weight excluding hydrogens is 350 g/mol. The highest BCUT2D eigenvalue weighted by molar-refractivity contribution is 9.10. The fourth-order valence-corrected chi connectivity index (χ4v) is 2.51. The molecule has 0 aliphatic carbocycles. The van der Waals surface area contributed by atoms with Gasteiger partial charge in [-0.2, -0.15) is 0 Å². The summed E-state index contributed by atoms with van der Waals surface area (Å²) in [6.07, 6.45) is 0. The molecule has 0 saturated carbocycles. The summed E-state index contributed by atoms with van der Waals surface area (Å²) in [4.78, 5) is 16.9. The molecule has 0 aliphatic heterocycles. The van der Waals surface area contributed by atoms with E-state index in [1.807, 2.05) is 72.8 Å². The van der Waals surface area contributed by atoms with Crippen molar-refractivity contribution in [2.45, 2.75) is 0 Å². The first-order valence-electron chi connectivity index (χ1n) is 7.23. The molecule has 0 spiro atoms. The topological polar surface area (TPSA) is 29.4 Å². The Balaban J connectivity index is 2.05. The summed E-state index contributed by atoms with van der Waals surface area (Å²) in [5.74, 6) is -0.250. The van der Waals surface area contributed by atoms with Gasteiger partial charge in [0.2, 0.25) is 0 Å². The highest BCUT2D eigenvalue weighted by atomic mass is 79.9. The predicted octanol–water partition coefficient (Wildman–Crippen LogP) is 5.13. The van der Waals surface area contributed by atoms with Crippen molar-refractivity contribution in [3.05, 3.63) is 106 Å². The molecule has 0 aromatic heterocycles. The fourth-order valence-electron chi connectivity index (χ4n) is 2.25. The monoisotopic (exact) mass is 363 g/mol. The van der Waals surface area contributed by atoms with Gasteiger partial charge in [0.15, 0.2) is 0 Å². The quantitative estimate of drug-likeness (QED) is 0.593. The molecule has 0 bridgehead atoms. The van der Waals surface area contributed by atoms with Gasteiger partial charge < -0.3 is 0 Å². The van der Waals surface area contributed by atoms with Crippen molar-refractivity contribution in [1.29, 1.82) is 0 Å². The number of amides is 1. The Labute approximate surface area is 143 Å². The van der Waals surface area contributed by atoms with Crippen LogP contribution in [-0.4, -0.2) is 11.6 Å². The standard InChI is InChI=1S/C20H14BrNO/c21-18-13-11-17(12-14-18)20(23)22-19(15-7-3-1-4-8-15)16-9-5-2-6-10-16/h1-14H. The number of aliphatic imine (C=N–C) groups is 1. The van der Waals surface area contributed by atoms with Gasteiger partial charge in [0, 0.05) is 21.2 Å². The lowest BCUT2D eigenvalue weighted by Gasteiger charge is -2.07. The maximum Gasteiger partial charge on any atom is 0.277 e. The second kappa shape index (κ2) is 7.16. The van der Waals surface area contributed by atoms with Gasteiger partial charge in [-0.25, -0.2) is 4.99 Å². The molecule has 0 fully saturated rings. The van der Waals surface area contributed by atoms with E-state index in [4.69, 9.17) is 0 Å². The lowest BCUT2D eigenvalue weighted by molar-refractivity contribution is 0.100. The molecule has 112 valence electrons. The summed E-state index contributed by atoms with van der Waals surface area (Å²) >= 11 is 3.37. The molecule has 1 amide bonds. The van der Waals surface area contributed by atoms with E-state index in [-0.39, 0.29) is 5.91 Å². The van der Waals surface area contributed by atoms with Gasteiger partial charge in [0.25, 0.3) is 5.91 Å². The van der Waals surface area contributed by atoms with E-state index in [1.165, 1.54) is 0 Å². The Morgan fingerprint density at radius 1 is 0.652 bits per heavy atom. The summed E-state index contributed by atoms with van der Waals surface area (Å²) in [6.45, 7) is 0. The van der Waals surface area contributed by atoms with E-state index in [0.29, 0.717) is 11.3 Å². The summed E-state index contributed by atoms with van der Waals surface area (Å²) < 4.78 is 0.935. The first-order valence-corrected chi connectivity index (χ1v) is 8.03. The Kier molecular flexibility index (Phi) is 4.79. The van der Waals surface area contributed by atoms with Gasteiger partial charge in [0.05, 0.1) is 5.71 Å². The van der Waals surface area contributed by atoms with E-state index in [9.17, 15) is 4.79 Å². The molecular formula is C20H14BrNO. The Hall–Kier alpha value is -2.52. The minimum Gasteiger partial charge on any atom is -0.267 e.